The van der Waals surface area contributed by atoms with E-state index in [9.17, 15) is 15.0 Å². The number of nitrogens with zero attached hydrogens (tertiary/aromatic N) is 1. The summed E-state index contributed by atoms with van der Waals surface area (Å²) in [6, 6.07) is 16.2. The molecule has 0 bridgehead atoms. The largest absolute Gasteiger partial charge is 0.503 e. The van der Waals surface area contributed by atoms with E-state index in [0.717, 1.165) is 5.75 Å². The Labute approximate surface area is 151 Å². The Bertz CT molecular complexity index is 900. The second-order valence-corrected chi connectivity index (χ2v) is 6.11. The molecule has 3 rings (SSSR count). The van der Waals surface area contributed by atoms with Crippen LogP contribution in [0, 0.1) is 0 Å². The van der Waals surface area contributed by atoms with E-state index in [1.54, 1.807) is 24.3 Å². The monoisotopic (exact) mass is 352 g/mol. The summed E-state index contributed by atoms with van der Waals surface area (Å²) in [5.41, 5.74) is 0.562. The van der Waals surface area contributed by atoms with Gasteiger partial charge < -0.3 is 24.8 Å². The second kappa shape index (κ2) is 7.23. The predicted molar refractivity (Wildman–Crippen MR) is 99.1 cm³/mol. The Kier molecular flexibility index (Phi) is 4.84. The van der Waals surface area contributed by atoms with Crippen LogP contribution in [0.15, 0.2) is 60.8 Å². The first-order valence-corrected chi connectivity index (χ1v) is 8.23. The molecule has 0 unspecified atom stereocenters. The maximum absolute atomic E-state index is 12.4. The van der Waals surface area contributed by atoms with Gasteiger partial charge in [-0.05, 0) is 50.2 Å². The minimum absolute atomic E-state index is 0.0146. The SMILES string of the molecule is CC(C)n1cc(C(=O)Nc2ccc(Oc3ccccc3)cc2)c(O)c1O. The molecule has 0 aliphatic rings. The number of amides is 1. The molecule has 0 atom stereocenters. The summed E-state index contributed by atoms with van der Waals surface area (Å²) in [5, 5.41) is 22.6. The number of carbonyl (C=O) groups excluding carboxylic acids is 1. The van der Waals surface area contributed by atoms with Crippen molar-refractivity contribution in [3.8, 4) is 23.1 Å². The van der Waals surface area contributed by atoms with Crippen molar-refractivity contribution in [2.45, 2.75) is 19.9 Å². The zero-order valence-corrected chi connectivity index (χ0v) is 14.5. The molecule has 0 saturated carbocycles. The van der Waals surface area contributed by atoms with Crippen molar-refractivity contribution >= 4 is 11.6 Å². The first-order valence-electron chi connectivity index (χ1n) is 8.23. The van der Waals surface area contributed by atoms with Gasteiger partial charge in [0, 0.05) is 17.9 Å². The van der Waals surface area contributed by atoms with Crippen LogP contribution in [0.2, 0.25) is 0 Å². The fourth-order valence-corrected chi connectivity index (χ4v) is 2.49. The Balaban J connectivity index is 1.71. The molecule has 0 radical (unpaired) electrons. The summed E-state index contributed by atoms with van der Waals surface area (Å²) in [6.45, 7) is 3.68. The summed E-state index contributed by atoms with van der Waals surface area (Å²) in [6.07, 6.45) is 1.43. The van der Waals surface area contributed by atoms with E-state index in [1.165, 1.54) is 10.8 Å². The molecule has 134 valence electrons. The third-order valence-electron chi connectivity index (χ3n) is 3.87. The first-order chi connectivity index (χ1) is 12.5. The van der Waals surface area contributed by atoms with Crippen LogP contribution < -0.4 is 10.1 Å². The quantitative estimate of drug-likeness (QED) is 0.630. The van der Waals surface area contributed by atoms with Crippen LogP contribution in [0.1, 0.15) is 30.2 Å². The molecule has 0 spiro atoms. The fourth-order valence-electron chi connectivity index (χ4n) is 2.49. The van der Waals surface area contributed by atoms with Gasteiger partial charge in [0.05, 0.1) is 0 Å². The molecule has 6 heteroatoms. The standard InChI is InChI=1S/C20H20N2O4/c1-13(2)22-12-17(18(23)20(22)25)19(24)21-14-8-10-16(11-9-14)26-15-6-4-3-5-7-15/h3-13,23,25H,1-2H3,(H,21,24). The Morgan fingerprint density at radius 1 is 1.00 bits per heavy atom. The summed E-state index contributed by atoms with van der Waals surface area (Å²) >= 11 is 0. The van der Waals surface area contributed by atoms with Crippen LogP contribution in [0.4, 0.5) is 5.69 Å². The summed E-state index contributed by atoms with van der Waals surface area (Å²) < 4.78 is 7.13. The number of aromatic hydroxyl groups is 2. The molecule has 1 aromatic heterocycles. The molecule has 1 amide bonds. The van der Waals surface area contributed by atoms with E-state index in [1.807, 2.05) is 44.2 Å². The van der Waals surface area contributed by atoms with Gasteiger partial charge in [0.15, 0.2) is 5.75 Å². The van der Waals surface area contributed by atoms with Gasteiger partial charge in [0.2, 0.25) is 5.88 Å². The van der Waals surface area contributed by atoms with Crippen LogP contribution in [0.25, 0.3) is 0 Å². The molecule has 3 N–H and O–H groups in total. The number of anilines is 1. The molecule has 0 fully saturated rings. The van der Waals surface area contributed by atoms with Gasteiger partial charge in [0.1, 0.15) is 17.1 Å². The first kappa shape index (κ1) is 17.4. The smallest absolute Gasteiger partial charge is 0.261 e. The van der Waals surface area contributed by atoms with E-state index in [2.05, 4.69) is 5.32 Å². The molecule has 26 heavy (non-hydrogen) atoms. The van der Waals surface area contributed by atoms with Crippen molar-refractivity contribution in [2.75, 3.05) is 5.32 Å². The van der Waals surface area contributed by atoms with Gasteiger partial charge >= 0.3 is 0 Å². The maximum Gasteiger partial charge on any atom is 0.261 e. The number of benzene rings is 2. The van der Waals surface area contributed by atoms with Gasteiger partial charge in [-0.1, -0.05) is 18.2 Å². The van der Waals surface area contributed by atoms with Crippen molar-refractivity contribution in [1.29, 1.82) is 0 Å². The lowest BCUT2D eigenvalue weighted by atomic mass is 10.2. The number of para-hydroxylation sites is 1. The molecule has 0 aliphatic heterocycles. The molecule has 2 aromatic carbocycles. The highest BCUT2D eigenvalue weighted by Crippen LogP contribution is 2.34. The Morgan fingerprint density at radius 3 is 2.19 bits per heavy atom. The van der Waals surface area contributed by atoms with E-state index in [4.69, 9.17) is 4.74 Å². The van der Waals surface area contributed by atoms with Gasteiger partial charge in [-0.25, -0.2) is 0 Å². The fraction of sp³-hybridized carbons (Fsp3) is 0.150. The Hall–Kier alpha value is -3.41. The van der Waals surface area contributed by atoms with Gasteiger partial charge in [-0.2, -0.15) is 0 Å². The number of carbonyl (C=O) groups is 1. The third-order valence-corrected chi connectivity index (χ3v) is 3.87. The molecule has 1 heterocycles. The minimum Gasteiger partial charge on any atom is -0.503 e. The van der Waals surface area contributed by atoms with Crippen LogP contribution in [-0.4, -0.2) is 20.7 Å². The number of ether oxygens (including phenoxy) is 1. The molecule has 3 aromatic rings. The lowest BCUT2D eigenvalue weighted by Crippen LogP contribution is -2.11. The predicted octanol–water partition coefficient (Wildman–Crippen LogP) is 4.52. The number of rotatable bonds is 5. The average molecular weight is 352 g/mol. The lowest BCUT2D eigenvalue weighted by molar-refractivity contribution is 0.102. The van der Waals surface area contributed by atoms with E-state index in [-0.39, 0.29) is 17.5 Å². The van der Waals surface area contributed by atoms with Crippen molar-refractivity contribution in [3.63, 3.8) is 0 Å². The summed E-state index contributed by atoms with van der Waals surface area (Å²) in [5.74, 6) is 0.103. The highest BCUT2D eigenvalue weighted by Gasteiger charge is 2.21. The van der Waals surface area contributed by atoms with E-state index in [0.29, 0.717) is 11.4 Å². The topological polar surface area (TPSA) is 83.7 Å². The van der Waals surface area contributed by atoms with Gasteiger partial charge in [-0.3, -0.25) is 4.79 Å². The number of hydrogen-bond donors (Lipinski definition) is 3. The van der Waals surface area contributed by atoms with Crippen LogP contribution in [-0.2, 0) is 0 Å². The van der Waals surface area contributed by atoms with Crippen molar-refractivity contribution in [1.82, 2.24) is 4.57 Å². The lowest BCUT2D eigenvalue weighted by Gasteiger charge is -2.08. The molecular weight excluding hydrogens is 332 g/mol. The molecular formula is C20H20N2O4. The summed E-state index contributed by atoms with van der Waals surface area (Å²) in [4.78, 5) is 12.4. The van der Waals surface area contributed by atoms with Crippen LogP contribution in [0.3, 0.4) is 0 Å². The second-order valence-electron chi connectivity index (χ2n) is 6.11. The number of nitrogens with one attached hydrogen (secondary N) is 1. The summed E-state index contributed by atoms with van der Waals surface area (Å²) in [7, 11) is 0. The van der Waals surface area contributed by atoms with E-state index >= 15 is 0 Å². The van der Waals surface area contributed by atoms with Crippen molar-refractivity contribution in [2.24, 2.45) is 0 Å². The molecule has 0 saturated heterocycles. The van der Waals surface area contributed by atoms with Crippen molar-refractivity contribution < 1.29 is 19.7 Å². The number of aromatic nitrogens is 1. The van der Waals surface area contributed by atoms with Crippen molar-refractivity contribution in [3.05, 3.63) is 66.4 Å². The zero-order chi connectivity index (χ0) is 18.7. The maximum atomic E-state index is 12.4. The van der Waals surface area contributed by atoms with Gasteiger partial charge in [-0.15, -0.1) is 0 Å². The highest BCUT2D eigenvalue weighted by molar-refractivity contribution is 6.06. The molecule has 6 nitrogen and oxygen atoms in total. The van der Waals surface area contributed by atoms with Crippen LogP contribution in [0.5, 0.6) is 23.1 Å². The van der Waals surface area contributed by atoms with Crippen LogP contribution >= 0.6 is 0 Å². The van der Waals surface area contributed by atoms with Gasteiger partial charge in [0.25, 0.3) is 5.91 Å². The third kappa shape index (κ3) is 3.64. The number of hydrogen-bond acceptors (Lipinski definition) is 4. The Morgan fingerprint density at radius 2 is 1.62 bits per heavy atom. The minimum atomic E-state index is -0.506. The molecule has 0 aliphatic carbocycles. The average Bonchev–Trinajstić information content (AvgIpc) is 2.93. The van der Waals surface area contributed by atoms with E-state index < -0.39 is 11.7 Å². The normalized spacial score (nSPS) is 10.7. The zero-order valence-electron chi connectivity index (χ0n) is 14.5. The highest BCUT2D eigenvalue weighted by atomic mass is 16.5.